The molecule has 0 spiro atoms. The zero-order valence-electron chi connectivity index (χ0n) is 14.7. The maximum absolute atomic E-state index is 12.1. The number of hydrogen-bond acceptors (Lipinski definition) is 3. The van der Waals surface area contributed by atoms with Gasteiger partial charge >= 0.3 is 0 Å². The normalized spacial score (nSPS) is 21.1. The van der Waals surface area contributed by atoms with Crippen LogP contribution in [-0.4, -0.2) is 41.2 Å². The molecule has 2 aliphatic heterocycles. The van der Waals surface area contributed by atoms with E-state index in [9.17, 15) is 4.79 Å². The Morgan fingerprint density at radius 1 is 1.15 bits per heavy atom. The molecule has 2 aromatic rings. The summed E-state index contributed by atoms with van der Waals surface area (Å²) < 4.78 is 0. The number of hydrogen-bond donors (Lipinski definition) is 0. The molecular formula is C21H23N3OS. The van der Waals surface area contributed by atoms with E-state index in [1.54, 1.807) is 6.20 Å². The second-order valence-electron chi connectivity index (χ2n) is 6.56. The minimum Gasteiger partial charge on any atom is -0.311 e. The second kappa shape index (κ2) is 7.87. The number of aromatic nitrogens is 1. The van der Waals surface area contributed by atoms with Gasteiger partial charge in [-0.2, -0.15) is 0 Å². The van der Waals surface area contributed by atoms with Crippen LogP contribution in [0.4, 0.5) is 5.69 Å². The summed E-state index contributed by atoms with van der Waals surface area (Å²) in [7, 11) is 0. The van der Waals surface area contributed by atoms with Crippen LogP contribution < -0.4 is 4.90 Å². The van der Waals surface area contributed by atoms with Gasteiger partial charge in [0.15, 0.2) is 0 Å². The number of carbonyl (C=O) groups is 1. The summed E-state index contributed by atoms with van der Waals surface area (Å²) in [5.41, 5.74) is 5.54. The van der Waals surface area contributed by atoms with Gasteiger partial charge in [-0.1, -0.05) is 12.1 Å². The molecule has 134 valence electrons. The van der Waals surface area contributed by atoms with Gasteiger partial charge in [-0.05, 0) is 60.1 Å². The maximum atomic E-state index is 12.1. The number of rotatable bonds is 3. The molecule has 0 N–H and O–H groups in total. The summed E-state index contributed by atoms with van der Waals surface area (Å²) in [6.45, 7) is 1.72. The number of carbonyl (C=O) groups excluding carboxylic acids is 1. The number of amides is 1. The van der Waals surface area contributed by atoms with Crippen molar-refractivity contribution in [1.29, 1.82) is 0 Å². The average Bonchev–Trinajstić information content (AvgIpc) is 2.70. The fourth-order valence-corrected chi connectivity index (χ4v) is 4.39. The molecule has 3 heterocycles. The Hall–Kier alpha value is -2.40. The highest BCUT2D eigenvalue weighted by Crippen LogP contribution is 2.24. The Kier molecular flexibility index (Phi) is 5.16. The smallest absolute Gasteiger partial charge is 0.235 e. The monoisotopic (exact) mass is 365 g/mol. The molecular weight excluding hydrogens is 342 g/mol. The number of aliphatic imine (C=N–C) groups is 1. The third-order valence-corrected chi connectivity index (χ3v) is 5.88. The largest absolute Gasteiger partial charge is 0.311 e. The predicted octanol–water partition coefficient (Wildman–Crippen LogP) is 3.29. The van der Waals surface area contributed by atoms with Crippen LogP contribution in [0.1, 0.15) is 24.0 Å². The molecule has 1 aromatic heterocycles. The Labute approximate surface area is 158 Å². The van der Waals surface area contributed by atoms with Crippen molar-refractivity contribution in [2.45, 2.75) is 12.8 Å². The van der Waals surface area contributed by atoms with E-state index in [0.29, 0.717) is 5.75 Å². The van der Waals surface area contributed by atoms with Crippen molar-refractivity contribution in [2.75, 3.05) is 29.5 Å². The third kappa shape index (κ3) is 3.73. The van der Waals surface area contributed by atoms with Crippen molar-refractivity contribution in [1.82, 2.24) is 4.98 Å². The van der Waals surface area contributed by atoms with Gasteiger partial charge in [0, 0.05) is 36.7 Å². The minimum atomic E-state index is 0.249. The first-order valence-electron chi connectivity index (χ1n) is 9.08. The fourth-order valence-electron chi connectivity index (χ4n) is 3.43. The van der Waals surface area contributed by atoms with Crippen molar-refractivity contribution >= 4 is 35.1 Å². The Morgan fingerprint density at radius 3 is 2.81 bits per heavy atom. The van der Waals surface area contributed by atoms with Gasteiger partial charge in [-0.15, -0.1) is 0 Å². The number of anilines is 1. The first-order chi connectivity index (χ1) is 12.8. The van der Waals surface area contributed by atoms with Gasteiger partial charge in [0.2, 0.25) is 5.91 Å². The lowest BCUT2D eigenvalue weighted by molar-refractivity contribution is -0.116. The van der Waals surface area contributed by atoms with E-state index in [1.807, 2.05) is 17.2 Å². The lowest BCUT2D eigenvalue weighted by Crippen LogP contribution is -2.38. The minimum absolute atomic E-state index is 0.249. The quantitative estimate of drug-likeness (QED) is 0.838. The van der Waals surface area contributed by atoms with E-state index in [2.05, 4.69) is 41.4 Å². The molecule has 1 aromatic carbocycles. The molecule has 2 aliphatic rings. The van der Waals surface area contributed by atoms with Gasteiger partial charge in [0.1, 0.15) is 0 Å². The van der Waals surface area contributed by atoms with Crippen molar-refractivity contribution in [3.8, 4) is 0 Å². The molecule has 4 nitrogen and oxygen atoms in total. The average molecular weight is 366 g/mol. The number of benzene rings is 1. The van der Waals surface area contributed by atoms with E-state index >= 15 is 0 Å². The second-order valence-corrected chi connectivity index (χ2v) is 7.91. The standard InChI is InChI=1S/C21H23N3OS/c25-20-15-26-12-11-24(20)19-7-5-16(6-8-19)13-17-3-2-10-23-21(17)18-4-1-9-22-14-18/h1,4-9,13-14H,2-3,10-12,15,26H2. The van der Waals surface area contributed by atoms with Gasteiger partial charge in [0.25, 0.3) is 0 Å². The molecule has 1 fully saturated rings. The molecule has 5 heteroatoms. The summed E-state index contributed by atoms with van der Waals surface area (Å²) in [4.78, 5) is 23.0. The third-order valence-electron chi connectivity index (χ3n) is 4.75. The van der Waals surface area contributed by atoms with E-state index in [-0.39, 0.29) is 5.91 Å². The van der Waals surface area contributed by atoms with Gasteiger partial charge in [-0.25, -0.2) is 0 Å². The molecule has 0 bridgehead atoms. The van der Waals surface area contributed by atoms with E-state index in [1.165, 1.54) is 5.57 Å². The summed E-state index contributed by atoms with van der Waals surface area (Å²) in [6.07, 6.45) is 7.99. The lowest BCUT2D eigenvalue weighted by atomic mass is 9.95. The molecule has 0 unspecified atom stereocenters. The van der Waals surface area contributed by atoms with Crippen LogP contribution in [-0.2, 0) is 4.79 Å². The molecule has 26 heavy (non-hydrogen) atoms. The van der Waals surface area contributed by atoms with Gasteiger partial charge in [0.05, 0.1) is 11.5 Å². The van der Waals surface area contributed by atoms with E-state index in [0.717, 1.165) is 66.0 Å². The first kappa shape index (κ1) is 17.0. The topological polar surface area (TPSA) is 45.6 Å². The van der Waals surface area contributed by atoms with Crippen molar-refractivity contribution in [2.24, 2.45) is 4.99 Å². The number of nitrogens with zero attached hydrogens (tertiary/aromatic N) is 3. The van der Waals surface area contributed by atoms with Crippen molar-refractivity contribution in [3.05, 3.63) is 65.5 Å². The summed E-state index contributed by atoms with van der Waals surface area (Å²) in [6, 6.07) is 12.3. The molecule has 0 atom stereocenters. The summed E-state index contributed by atoms with van der Waals surface area (Å²) >= 11 is 0.778. The van der Waals surface area contributed by atoms with E-state index < -0.39 is 0 Å². The molecule has 1 saturated heterocycles. The van der Waals surface area contributed by atoms with Crippen LogP contribution in [0, 0.1) is 0 Å². The van der Waals surface area contributed by atoms with Crippen molar-refractivity contribution in [3.63, 3.8) is 0 Å². The Morgan fingerprint density at radius 2 is 2.04 bits per heavy atom. The van der Waals surface area contributed by atoms with Crippen LogP contribution in [0.15, 0.2) is 59.4 Å². The van der Waals surface area contributed by atoms with E-state index in [4.69, 9.17) is 4.99 Å². The SMILES string of the molecule is O=C1C[SH2]CCN1c1ccc(C=C2CCCN=C2c2cccnc2)cc1. The van der Waals surface area contributed by atoms with Gasteiger partial charge < -0.3 is 4.90 Å². The zero-order chi connectivity index (χ0) is 17.8. The Balaban J connectivity index is 1.58. The lowest BCUT2D eigenvalue weighted by Gasteiger charge is -2.27. The molecule has 0 radical (unpaired) electrons. The fraction of sp³-hybridized carbons (Fsp3) is 0.286. The highest BCUT2D eigenvalue weighted by Gasteiger charge is 2.19. The molecule has 4 rings (SSSR count). The van der Waals surface area contributed by atoms with Crippen LogP contribution in [0.3, 0.4) is 0 Å². The molecule has 0 aliphatic carbocycles. The highest BCUT2D eigenvalue weighted by molar-refractivity contribution is 8.00. The first-order valence-corrected chi connectivity index (χ1v) is 10.5. The maximum Gasteiger partial charge on any atom is 0.235 e. The summed E-state index contributed by atoms with van der Waals surface area (Å²) in [5.74, 6) is 2.05. The summed E-state index contributed by atoms with van der Waals surface area (Å²) in [5, 5.41) is 0. The molecule has 1 amide bonds. The zero-order valence-corrected chi connectivity index (χ0v) is 15.7. The van der Waals surface area contributed by atoms with Crippen LogP contribution >= 0.6 is 11.8 Å². The highest BCUT2D eigenvalue weighted by atomic mass is 32.2. The van der Waals surface area contributed by atoms with Crippen LogP contribution in [0.2, 0.25) is 0 Å². The Bertz CT molecular complexity index is 843. The predicted molar refractivity (Wildman–Crippen MR) is 112 cm³/mol. The number of allylic oxidation sites excluding steroid dienone is 1. The number of pyridine rings is 1. The molecule has 0 saturated carbocycles. The van der Waals surface area contributed by atoms with Crippen molar-refractivity contribution < 1.29 is 4.79 Å². The van der Waals surface area contributed by atoms with Gasteiger partial charge in [-0.3, -0.25) is 26.5 Å². The van der Waals surface area contributed by atoms with Crippen LogP contribution in [0.5, 0.6) is 0 Å². The van der Waals surface area contributed by atoms with Crippen LogP contribution in [0.25, 0.3) is 6.08 Å².